The van der Waals surface area contributed by atoms with Crippen molar-refractivity contribution in [2.24, 2.45) is 0 Å². The molecule has 0 bridgehead atoms. The van der Waals surface area contributed by atoms with Crippen molar-refractivity contribution < 1.29 is 19.3 Å². The number of benzene rings is 1. The van der Waals surface area contributed by atoms with Crippen molar-refractivity contribution >= 4 is 5.69 Å². The molecule has 0 unspecified atom stereocenters. The minimum Gasteiger partial charge on any atom is -0.474 e. The van der Waals surface area contributed by atoms with Gasteiger partial charge in [-0.15, -0.1) is 0 Å². The third-order valence-electron chi connectivity index (χ3n) is 4.91. The van der Waals surface area contributed by atoms with Crippen molar-refractivity contribution in [3.8, 4) is 5.75 Å². The fraction of sp³-hybridized carbons (Fsp3) is 0.647. The fourth-order valence-corrected chi connectivity index (χ4v) is 4.21. The Balaban J connectivity index is 2.09. The van der Waals surface area contributed by atoms with Crippen molar-refractivity contribution in [3.05, 3.63) is 33.4 Å². The molecular weight excluding hydrogens is 296 g/mol. The molecule has 3 atom stereocenters. The summed E-state index contributed by atoms with van der Waals surface area (Å²) < 4.78 is 12.0. The molecule has 0 spiro atoms. The Kier molecular flexibility index (Phi) is 3.84. The van der Waals surface area contributed by atoms with E-state index in [9.17, 15) is 10.1 Å². The van der Waals surface area contributed by atoms with E-state index in [1.807, 2.05) is 26.8 Å². The third-order valence-corrected chi connectivity index (χ3v) is 4.91. The highest BCUT2D eigenvalue weighted by molar-refractivity contribution is 5.59. The third kappa shape index (κ3) is 2.70. The Labute approximate surface area is 136 Å². The van der Waals surface area contributed by atoms with Crippen LogP contribution in [0.5, 0.6) is 5.75 Å². The van der Waals surface area contributed by atoms with Crippen LogP contribution in [0, 0.1) is 17.0 Å². The number of quaternary nitrogens is 1. The average Bonchev–Trinajstić information content (AvgIpc) is 2.69. The summed E-state index contributed by atoms with van der Waals surface area (Å²) in [7, 11) is 0. The molecule has 1 N–H and O–H groups in total. The van der Waals surface area contributed by atoms with Gasteiger partial charge >= 0.3 is 5.69 Å². The normalized spacial score (nSPS) is 32.2. The molecular formula is C17H25N2O4+. The Morgan fingerprint density at radius 2 is 1.87 bits per heavy atom. The summed E-state index contributed by atoms with van der Waals surface area (Å²) in [6.45, 7) is 12.0. The first-order valence-electron chi connectivity index (χ1n) is 8.17. The maximum Gasteiger partial charge on any atom is 0.311 e. The Bertz CT molecular complexity index is 634. The maximum atomic E-state index is 11.4. The van der Waals surface area contributed by atoms with Gasteiger partial charge < -0.3 is 14.4 Å². The van der Waals surface area contributed by atoms with Gasteiger partial charge in [-0.25, -0.2) is 0 Å². The molecule has 6 nitrogen and oxygen atoms in total. The molecule has 0 radical (unpaired) electrons. The number of hydrogen-bond acceptors (Lipinski definition) is 4. The zero-order valence-corrected chi connectivity index (χ0v) is 14.4. The maximum absolute atomic E-state index is 11.4. The van der Waals surface area contributed by atoms with Gasteiger partial charge in [0.25, 0.3) is 0 Å². The van der Waals surface area contributed by atoms with Gasteiger partial charge in [-0.3, -0.25) is 10.1 Å². The monoisotopic (exact) mass is 321 g/mol. The van der Waals surface area contributed by atoms with Gasteiger partial charge in [-0.05, 0) is 40.2 Å². The summed E-state index contributed by atoms with van der Waals surface area (Å²) >= 11 is 0. The molecule has 1 saturated heterocycles. The number of hydrogen-bond donors (Lipinski definition) is 1. The summed E-state index contributed by atoms with van der Waals surface area (Å²) in [4.78, 5) is 12.4. The van der Waals surface area contributed by atoms with E-state index in [0.717, 1.165) is 24.2 Å². The first kappa shape index (κ1) is 16.2. The molecule has 6 heteroatoms. The summed E-state index contributed by atoms with van der Waals surface area (Å²) in [6.07, 6.45) is 0.347. The van der Waals surface area contributed by atoms with E-state index in [0.29, 0.717) is 5.75 Å². The predicted molar refractivity (Wildman–Crippen MR) is 86.0 cm³/mol. The van der Waals surface area contributed by atoms with Gasteiger partial charge in [-0.1, -0.05) is 6.07 Å². The Morgan fingerprint density at radius 3 is 2.43 bits per heavy atom. The lowest BCUT2D eigenvalue weighted by atomic mass is 9.89. The standard InChI is InChI=1S/C17H24N2O4/c1-10-6-7-13(19(20)21)15-14(10)16(17(4,5)23-15)18-8-11(2)22-12(3)9-18/h6-7,11-12,16H,8-9H2,1-5H3/p+1/t11-,12-,16+/m1/s1. The second-order valence-electron chi connectivity index (χ2n) is 7.36. The predicted octanol–water partition coefficient (Wildman–Crippen LogP) is 1.81. The average molecular weight is 321 g/mol. The van der Waals surface area contributed by atoms with Crippen LogP contribution in [-0.2, 0) is 4.74 Å². The number of nitro groups is 1. The van der Waals surface area contributed by atoms with Crippen molar-refractivity contribution in [1.82, 2.24) is 0 Å². The zero-order chi connectivity index (χ0) is 16.9. The fourth-order valence-electron chi connectivity index (χ4n) is 4.21. The molecule has 1 fully saturated rings. The number of rotatable bonds is 2. The second-order valence-corrected chi connectivity index (χ2v) is 7.36. The van der Waals surface area contributed by atoms with Crippen LogP contribution in [0.15, 0.2) is 12.1 Å². The quantitative estimate of drug-likeness (QED) is 0.666. The van der Waals surface area contributed by atoms with Gasteiger partial charge in [0.05, 0.1) is 10.5 Å². The van der Waals surface area contributed by atoms with E-state index in [-0.39, 0.29) is 28.9 Å². The Morgan fingerprint density at radius 1 is 1.26 bits per heavy atom. The highest BCUT2D eigenvalue weighted by Gasteiger charge is 2.52. The summed E-state index contributed by atoms with van der Waals surface area (Å²) in [5.41, 5.74) is 1.63. The highest BCUT2D eigenvalue weighted by atomic mass is 16.6. The lowest BCUT2D eigenvalue weighted by Crippen LogP contribution is -3.17. The molecule has 0 saturated carbocycles. The van der Waals surface area contributed by atoms with Crippen LogP contribution in [0.3, 0.4) is 0 Å². The molecule has 2 aliphatic rings. The van der Waals surface area contributed by atoms with Crippen LogP contribution in [-0.4, -0.2) is 35.8 Å². The first-order valence-corrected chi connectivity index (χ1v) is 8.17. The van der Waals surface area contributed by atoms with Crippen LogP contribution >= 0.6 is 0 Å². The summed E-state index contributed by atoms with van der Waals surface area (Å²) in [6, 6.07) is 3.46. The van der Waals surface area contributed by atoms with Crippen molar-refractivity contribution in [3.63, 3.8) is 0 Å². The van der Waals surface area contributed by atoms with Crippen LogP contribution in [0.4, 0.5) is 5.69 Å². The molecule has 0 amide bonds. The molecule has 2 heterocycles. The number of nitrogens with one attached hydrogen (secondary N) is 1. The molecule has 3 rings (SSSR count). The van der Waals surface area contributed by atoms with Gasteiger partial charge in [0.1, 0.15) is 25.3 Å². The van der Waals surface area contributed by atoms with Crippen molar-refractivity contribution in [1.29, 1.82) is 0 Å². The first-order chi connectivity index (χ1) is 10.7. The van der Waals surface area contributed by atoms with Crippen LogP contribution < -0.4 is 9.64 Å². The molecule has 0 aliphatic carbocycles. The molecule has 1 aromatic carbocycles. The second kappa shape index (κ2) is 5.46. The molecule has 0 aromatic heterocycles. The van der Waals surface area contributed by atoms with Crippen LogP contribution in [0.2, 0.25) is 0 Å². The number of aryl methyl sites for hydroxylation is 1. The highest BCUT2D eigenvalue weighted by Crippen LogP contribution is 2.48. The molecule has 23 heavy (non-hydrogen) atoms. The van der Waals surface area contributed by atoms with Crippen molar-refractivity contribution in [2.75, 3.05) is 13.1 Å². The number of nitro benzene ring substituents is 1. The van der Waals surface area contributed by atoms with E-state index in [1.165, 1.54) is 4.90 Å². The van der Waals surface area contributed by atoms with Gasteiger partial charge in [-0.2, -0.15) is 0 Å². The number of fused-ring (bicyclic) bond motifs is 1. The summed E-state index contributed by atoms with van der Waals surface area (Å²) in [5.74, 6) is 0.448. The van der Waals surface area contributed by atoms with Crippen molar-refractivity contribution in [2.45, 2.75) is 58.5 Å². The number of ether oxygens (including phenoxy) is 2. The largest absolute Gasteiger partial charge is 0.474 e. The zero-order valence-electron chi connectivity index (χ0n) is 14.4. The van der Waals surface area contributed by atoms with Crippen LogP contribution in [0.25, 0.3) is 0 Å². The SMILES string of the molecule is Cc1ccc([N+](=O)[O-])c2c1[C@H]([NH+]1C[C@@H](C)O[C@H](C)C1)C(C)(C)O2. The van der Waals surface area contributed by atoms with Gasteiger partial charge in [0, 0.05) is 6.07 Å². The smallest absolute Gasteiger partial charge is 0.311 e. The molecule has 126 valence electrons. The Hall–Kier alpha value is -1.66. The minimum absolute atomic E-state index is 0.0648. The lowest BCUT2D eigenvalue weighted by Gasteiger charge is -2.39. The topological polar surface area (TPSA) is 66.0 Å². The lowest BCUT2D eigenvalue weighted by molar-refractivity contribution is -0.950. The minimum atomic E-state index is -0.481. The van der Waals surface area contributed by atoms with Gasteiger partial charge in [0.2, 0.25) is 5.75 Å². The van der Waals surface area contributed by atoms with E-state index in [2.05, 4.69) is 13.8 Å². The summed E-state index contributed by atoms with van der Waals surface area (Å²) in [5, 5.41) is 11.4. The van der Waals surface area contributed by atoms with Gasteiger partial charge in [0.15, 0.2) is 11.6 Å². The van der Waals surface area contributed by atoms with E-state index >= 15 is 0 Å². The number of nitrogens with zero attached hydrogens (tertiary/aromatic N) is 1. The number of morpholine rings is 1. The van der Waals surface area contributed by atoms with E-state index in [1.54, 1.807) is 6.07 Å². The van der Waals surface area contributed by atoms with E-state index in [4.69, 9.17) is 9.47 Å². The molecule has 1 aromatic rings. The molecule has 2 aliphatic heterocycles. The van der Waals surface area contributed by atoms with E-state index < -0.39 is 5.60 Å². The van der Waals surface area contributed by atoms with Crippen LogP contribution in [0.1, 0.15) is 44.9 Å².